The molecule has 0 bridgehead atoms. The van der Waals surface area contributed by atoms with Crippen LogP contribution in [0.2, 0.25) is 0 Å². The number of phenols is 1. The fraction of sp³-hybridized carbons (Fsp3) is 0.333. The molecule has 1 atom stereocenters. The zero-order valence-electron chi connectivity index (χ0n) is 9.79. The Hall–Kier alpha value is -2.08. The summed E-state index contributed by atoms with van der Waals surface area (Å²) in [7, 11) is 1.27. The molecule has 1 aromatic rings. The van der Waals surface area contributed by atoms with E-state index in [0.717, 1.165) is 0 Å². The van der Waals surface area contributed by atoms with Gasteiger partial charge in [0, 0.05) is 6.42 Å². The molecule has 98 valence electrons. The van der Waals surface area contributed by atoms with Crippen molar-refractivity contribution >= 4 is 11.9 Å². The van der Waals surface area contributed by atoms with Crippen LogP contribution in [0.25, 0.3) is 0 Å². The Balaban J connectivity index is 2.80. The molecule has 0 aliphatic carbocycles. The molecule has 0 saturated heterocycles. The first kappa shape index (κ1) is 14.0. The number of carboxylic acid groups (broad SMARTS) is 1. The summed E-state index contributed by atoms with van der Waals surface area (Å²) in [4.78, 5) is 21.5. The third kappa shape index (κ3) is 3.46. The molecule has 0 saturated carbocycles. The molecule has 3 N–H and O–H groups in total. The van der Waals surface area contributed by atoms with Crippen LogP contribution in [-0.2, 0) is 20.7 Å². The summed E-state index contributed by atoms with van der Waals surface area (Å²) in [6.07, 6.45) is -1.28. The minimum atomic E-state index is -1.68. The molecular weight excluding hydrogens is 240 g/mol. The first-order chi connectivity index (χ1) is 8.45. The topological polar surface area (TPSA) is 104 Å². The van der Waals surface area contributed by atoms with Gasteiger partial charge in [-0.3, -0.25) is 4.79 Å². The number of methoxy groups -OCH3 is 1. The van der Waals surface area contributed by atoms with Crippen molar-refractivity contribution in [3.05, 3.63) is 29.3 Å². The van der Waals surface area contributed by atoms with E-state index in [0.29, 0.717) is 5.56 Å². The second-order valence-corrected chi connectivity index (χ2v) is 3.71. The lowest BCUT2D eigenvalue weighted by atomic mass is 10.0. The molecule has 0 aromatic heterocycles. The summed E-state index contributed by atoms with van der Waals surface area (Å²) < 4.78 is 4.47. The maximum Gasteiger partial charge on any atom is 0.337 e. The highest BCUT2D eigenvalue weighted by atomic mass is 16.5. The summed E-state index contributed by atoms with van der Waals surface area (Å²) in [5.41, 5.74) is 0.573. The number of phenolic OH excluding ortho intramolecular Hbond substituents is 1. The van der Waals surface area contributed by atoms with Crippen LogP contribution in [0.1, 0.15) is 23.7 Å². The van der Waals surface area contributed by atoms with E-state index in [2.05, 4.69) is 4.74 Å². The van der Waals surface area contributed by atoms with E-state index >= 15 is 0 Å². The van der Waals surface area contributed by atoms with Crippen molar-refractivity contribution in [2.45, 2.75) is 18.9 Å². The predicted molar refractivity (Wildman–Crippen MR) is 61.0 cm³/mol. The Morgan fingerprint density at radius 1 is 1.39 bits per heavy atom. The number of aliphatic carboxylic acids is 1. The van der Waals surface area contributed by atoms with Gasteiger partial charge in [-0.2, -0.15) is 0 Å². The summed E-state index contributed by atoms with van der Waals surface area (Å²) in [5, 5.41) is 27.5. The van der Waals surface area contributed by atoms with Crippen LogP contribution in [-0.4, -0.2) is 34.4 Å². The lowest BCUT2D eigenvalue weighted by molar-refractivity contribution is -0.147. The molecule has 0 aliphatic heterocycles. The van der Waals surface area contributed by atoms with E-state index in [1.54, 1.807) is 0 Å². The van der Waals surface area contributed by atoms with Crippen molar-refractivity contribution in [3.8, 4) is 5.75 Å². The second-order valence-electron chi connectivity index (χ2n) is 3.71. The van der Waals surface area contributed by atoms with E-state index in [9.17, 15) is 19.8 Å². The number of esters is 1. The first-order valence-electron chi connectivity index (χ1n) is 5.25. The van der Waals surface area contributed by atoms with Gasteiger partial charge in [0.1, 0.15) is 5.75 Å². The number of carbonyl (C=O) groups excluding carboxylic acids is 1. The van der Waals surface area contributed by atoms with Gasteiger partial charge in [-0.15, -0.1) is 0 Å². The first-order valence-corrected chi connectivity index (χ1v) is 5.25. The Kier molecular flexibility index (Phi) is 4.67. The monoisotopic (exact) mass is 254 g/mol. The molecule has 0 aliphatic rings. The van der Waals surface area contributed by atoms with Crippen LogP contribution in [0.5, 0.6) is 5.75 Å². The standard InChI is InChI=1S/C12H14O6/c1-18-10(14)5-4-7-2-3-8(6-9(7)13)11(15)12(16)17/h2-3,6,11,13,15H,4-5H2,1H3,(H,16,17). The van der Waals surface area contributed by atoms with Gasteiger partial charge in [-0.1, -0.05) is 12.1 Å². The number of aliphatic hydroxyl groups is 1. The average Bonchev–Trinajstić information content (AvgIpc) is 2.35. The molecule has 6 heteroatoms. The van der Waals surface area contributed by atoms with Gasteiger partial charge in [-0.25, -0.2) is 4.79 Å². The fourth-order valence-corrected chi connectivity index (χ4v) is 1.44. The van der Waals surface area contributed by atoms with Gasteiger partial charge < -0.3 is 20.1 Å². The normalized spacial score (nSPS) is 11.9. The fourth-order valence-electron chi connectivity index (χ4n) is 1.44. The molecule has 0 radical (unpaired) electrons. The van der Waals surface area contributed by atoms with Crippen molar-refractivity contribution in [2.24, 2.45) is 0 Å². The van der Waals surface area contributed by atoms with Crippen molar-refractivity contribution in [3.63, 3.8) is 0 Å². The number of carboxylic acids is 1. The average molecular weight is 254 g/mol. The van der Waals surface area contributed by atoms with Crippen molar-refractivity contribution in [1.82, 2.24) is 0 Å². The van der Waals surface area contributed by atoms with E-state index in [1.165, 1.54) is 25.3 Å². The second kappa shape index (κ2) is 6.02. The largest absolute Gasteiger partial charge is 0.508 e. The number of carbonyl (C=O) groups is 2. The third-order valence-electron chi connectivity index (χ3n) is 2.49. The number of rotatable bonds is 5. The van der Waals surface area contributed by atoms with Crippen LogP contribution in [0, 0.1) is 0 Å². The Labute approximate surface area is 103 Å². The zero-order valence-corrected chi connectivity index (χ0v) is 9.79. The zero-order chi connectivity index (χ0) is 13.7. The van der Waals surface area contributed by atoms with Crippen LogP contribution < -0.4 is 0 Å². The molecule has 1 unspecified atom stereocenters. The van der Waals surface area contributed by atoms with E-state index < -0.39 is 18.0 Å². The van der Waals surface area contributed by atoms with Crippen LogP contribution in [0.15, 0.2) is 18.2 Å². The van der Waals surface area contributed by atoms with Gasteiger partial charge >= 0.3 is 11.9 Å². The number of hydrogen-bond acceptors (Lipinski definition) is 5. The lowest BCUT2D eigenvalue weighted by Crippen LogP contribution is -2.10. The molecular formula is C12H14O6. The highest BCUT2D eigenvalue weighted by Gasteiger charge is 2.17. The number of benzene rings is 1. The van der Waals surface area contributed by atoms with Crippen molar-refractivity contribution in [1.29, 1.82) is 0 Å². The van der Waals surface area contributed by atoms with Gasteiger partial charge in [-0.05, 0) is 23.6 Å². The Morgan fingerprint density at radius 2 is 2.06 bits per heavy atom. The lowest BCUT2D eigenvalue weighted by Gasteiger charge is -2.09. The number of aliphatic hydroxyl groups excluding tert-OH is 1. The maximum atomic E-state index is 10.9. The Bertz CT molecular complexity index is 454. The smallest absolute Gasteiger partial charge is 0.337 e. The highest BCUT2D eigenvalue weighted by molar-refractivity contribution is 5.74. The number of hydrogen-bond donors (Lipinski definition) is 3. The molecule has 6 nitrogen and oxygen atoms in total. The SMILES string of the molecule is COC(=O)CCc1ccc(C(O)C(=O)O)cc1O. The summed E-state index contributed by atoms with van der Waals surface area (Å²) in [5.74, 6) is -1.95. The Morgan fingerprint density at radius 3 is 2.56 bits per heavy atom. The molecule has 0 heterocycles. The van der Waals surface area contributed by atoms with Gasteiger partial charge in [0.25, 0.3) is 0 Å². The van der Waals surface area contributed by atoms with Crippen LogP contribution in [0.4, 0.5) is 0 Å². The van der Waals surface area contributed by atoms with E-state index in [-0.39, 0.29) is 24.2 Å². The van der Waals surface area contributed by atoms with Gasteiger partial charge in [0.05, 0.1) is 7.11 Å². The quantitative estimate of drug-likeness (QED) is 0.665. The molecule has 0 spiro atoms. The van der Waals surface area contributed by atoms with E-state index in [1.807, 2.05) is 0 Å². The minimum Gasteiger partial charge on any atom is -0.508 e. The molecule has 1 rings (SSSR count). The van der Waals surface area contributed by atoms with Crippen molar-refractivity contribution in [2.75, 3.05) is 7.11 Å². The summed E-state index contributed by atoms with van der Waals surface area (Å²) in [6.45, 7) is 0. The summed E-state index contributed by atoms with van der Waals surface area (Å²) in [6, 6.07) is 4.04. The summed E-state index contributed by atoms with van der Waals surface area (Å²) >= 11 is 0. The van der Waals surface area contributed by atoms with Gasteiger partial charge in [0.15, 0.2) is 6.10 Å². The van der Waals surface area contributed by atoms with Crippen LogP contribution >= 0.6 is 0 Å². The minimum absolute atomic E-state index is 0.0850. The third-order valence-corrected chi connectivity index (χ3v) is 2.49. The molecule has 0 amide bonds. The maximum absolute atomic E-state index is 10.9. The molecule has 18 heavy (non-hydrogen) atoms. The molecule has 1 aromatic carbocycles. The number of ether oxygens (including phenoxy) is 1. The molecule has 0 fully saturated rings. The van der Waals surface area contributed by atoms with Gasteiger partial charge in [0.2, 0.25) is 0 Å². The van der Waals surface area contributed by atoms with Crippen LogP contribution in [0.3, 0.4) is 0 Å². The highest BCUT2D eigenvalue weighted by Crippen LogP contribution is 2.24. The van der Waals surface area contributed by atoms with Crippen molar-refractivity contribution < 1.29 is 29.6 Å². The van der Waals surface area contributed by atoms with E-state index in [4.69, 9.17) is 5.11 Å². The number of aromatic hydroxyl groups is 1. The predicted octanol–water partition coefficient (Wildman–Crippen LogP) is 0.616. The number of aryl methyl sites for hydroxylation is 1.